The number of hydrogen-bond acceptors (Lipinski definition) is 3. The maximum absolute atomic E-state index is 11.8. The molecule has 0 aliphatic carbocycles. The zero-order valence-electron chi connectivity index (χ0n) is 8.51. The first-order chi connectivity index (χ1) is 7.90. The van der Waals surface area contributed by atoms with Crippen LogP contribution in [-0.4, -0.2) is 51.0 Å². The minimum atomic E-state index is -1.27. The van der Waals surface area contributed by atoms with Crippen molar-refractivity contribution in [2.75, 3.05) is 13.1 Å². The van der Waals surface area contributed by atoms with Crippen molar-refractivity contribution in [2.24, 2.45) is 0 Å². The number of nitrogens with zero attached hydrogens (tertiary/aromatic N) is 1. The van der Waals surface area contributed by atoms with E-state index in [4.69, 9.17) is 10.2 Å². The predicted octanol–water partition coefficient (Wildman–Crippen LogP) is 0.389. The molecule has 0 aromatic carbocycles. The molecule has 0 spiro atoms. The van der Waals surface area contributed by atoms with Crippen molar-refractivity contribution in [1.82, 2.24) is 9.88 Å². The molecule has 1 aromatic rings. The summed E-state index contributed by atoms with van der Waals surface area (Å²) in [6, 6.07) is 1.44. The van der Waals surface area contributed by atoms with E-state index in [0.717, 1.165) is 4.90 Å². The fourth-order valence-corrected chi connectivity index (χ4v) is 1.53. The van der Waals surface area contributed by atoms with Gasteiger partial charge in [0.05, 0.1) is 0 Å². The fourth-order valence-electron chi connectivity index (χ4n) is 1.19. The molecule has 0 bridgehead atoms. The first kappa shape index (κ1) is 13.2. The maximum atomic E-state index is 11.8. The summed E-state index contributed by atoms with van der Waals surface area (Å²) >= 11 is 3.12. The predicted molar refractivity (Wildman–Crippen MR) is 59.7 cm³/mol. The molecular formula is C9H9BrN2O5. The van der Waals surface area contributed by atoms with Gasteiger partial charge >= 0.3 is 11.9 Å². The van der Waals surface area contributed by atoms with Crippen molar-refractivity contribution in [1.29, 1.82) is 0 Å². The molecule has 0 aliphatic heterocycles. The van der Waals surface area contributed by atoms with Crippen LogP contribution in [0, 0.1) is 0 Å². The van der Waals surface area contributed by atoms with Gasteiger partial charge in [-0.15, -0.1) is 0 Å². The Balaban J connectivity index is 2.85. The highest BCUT2D eigenvalue weighted by molar-refractivity contribution is 9.10. The van der Waals surface area contributed by atoms with Gasteiger partial charge in [0.15, 0.2) is 0 Å². The molecule has 92 valence electrons. The van der Waals surface area contributed by atoms with E-state index in [0.29, 0.717) is 4.47 Å². The SMILES string of the molecule is O=C(O)CN(CC(=O)O)C(=O)c1cc(Br)c[nH]1. The van der Waals surface area contributed by atoms with Crippen LogP contribution in [0.2, 0.25) is 0 Å². The number of carboxylic acid groups (broad SMARTS) is 2. The standard InChI is InChI=1S/C9H9BrN2O5/c10-5-1-6(11-2-5)9(17)12(3-7(13)14)4-8(15)16/h1-2,11H,3-4H2,(H,13,14)(H,15,16). The highest BCUT2D eigenvalue weighted by Gasteiger charge is 2.21. The number of nitrogens with one attached hydrogen (secondary N) is 1. The van der Waals surface area contributed by atoms with Gasteiger partial charge < -0.3 is 20.1 Å². The van der Waals surface area contributed by atoms with Crippen molar-refractivity contribution in [3.63, 3.8) is 0 Å². The molecule has 8 heteroatoms. The van der Waals surface area contributed by atoms with Crippen molar-refractivity contribution in [2.45, 2.75) is 0 Å². The molecule has 17 heavy (non-hydrogen) atoms. The van der Waals surface area contributed by atoms with Gasteiger partial charge in [0.2, 0.25) is 0 Å². The molecule has 0 saturated heterocycles. The molecule has 7 nitrogen and oxygen atoms in total. The molecule has 1 heterocycles. The van der Waals surface area contributed by atoms with Crippen LogP contribution in [-0.2, 0) is 9.59 Å². The van der Waals surface area contributed by atoms with Gasteiger partial charge in [0, 0.05) is 10.7 Å². The number of amides is 1. The minimum Gasteiger partial charge on any atom is -0.480 e. The van der Waals surface area contributed by atoms with Crippen molar-refractivity contribution < 1.29 is 24.6 Å². The van der Waals surface area contributed by atoms with Gasteiger partial charge in [-0.3, -0.25) is 14.4 Å². The van der Waals surface area contributed by atoms with Gasteiger partial charge in [-0.25, -0.2) is 0 Å². The third-order valence-electron chi connectivity index (χ3n) is 1.82. The summed E-state index contributed by atoms with van der Waals surface area (Å²) in [5, 5.41) is 17.2. The second kappa shape index (κ2) is 5.48. The Bertz CT molecular complexity index is 440. The molecule has 1 aromatic heterocycles. The molecule has 0 unspecified atom stereocenters. The average Bonchev–Trinajstić information content (AvgIpc) is 2.61. The summed E-state index contributed by atoms with van der Waals surface area (Å²) in [6.07, 6.45) is 1.49. The van der Waals surface area contributed by atoms with E-state index in [1.54, 1.807) is 0 Å². The molecule has 0 saturated carbocycles. The number of rotatable bonds is 5. The molecule has 0 radical (unpaired) electrons. The van der Waals surface area contributed by atoms with E-state index in [1.807, 2.05) is 0 Å². The number of hydrogen-bond donors (Lipinski definition) is 3. The fraction of sp³-hybridized carbons (Fsp3) is 0.222. The molecule has 1 amide bonds. The second-order valence-corrected chi connectivity index (χ2v) is 4.10. The number of aromatic amines is 1. The zero-order valence-corrected chi connectivity index (χ0v) is 10.1. The van der Waals surface area contributed by atoms with Crippen molar-refractivity contribution >= 4 is 33.8 Å². The number of aliphatic carboxylic acids is 2. The van der Waals surface area contributed by atoms with Crippen LogP contribution in [0.15, 0.2) is 16.7 Å². The van der Waals surface area contributed by atoms with Crippen molar-refractivity contribution in [3.05, 3.63) is 22.4 Å². The van der Waals surface area contributed by atoms with Crippen LogP contribution >= 0.6 is 15.9 Å². The number of halogens is 1. The number of carbonyl (C=O) groups is 3. The van der Waals surface area contributed by atoms with Gasteiger partial charge in [-0.05, 0) is 22.0 Å². The molecule has 3 N–H and O–H groups in total. The number of H-pyrrole nitrogens is 1. The molecule has 1 rings (SSSR count). The van der Waals surface area contributed by atoms with E-state index in [9.17, 15) is 14.4 Å². The summed E-state index contributed by atoms with van der Waals surface area (Å²) in [4.78, 5) is 36.2. The van der Waals surface area contributed by atoms with Gasteiger partial charge in [0.25, 0.3) is 5.91 Å². The summed E-state index contributed by atoms with van der Waals surface area (Å²) in [6.45, 7) is -1.33. The van der Waals surface area contributed by atoms with Gasteiger partial charge in [-0.2, -0.15) is 0 Å². The Morgan fingerprint density at radius 3 is 2.12 bits per heavy atom. The smallest absolute Gasteiger partial charge is 0.323 e. The molecule has 0 aliphatic rings. The van der Waals surface area contributed by atoms with E-state index < -0.39 is 30.9 Å². The van der Waals surface area contributed by atoms with Gasteiger partial charge in [0.1, 0.15) is 18.8 Å². The van der Waals surface area contributed by atoms with Crippen molar-refractivity contribution in [3.8, 4) is 0 Å². The Kier molecular flexibility index (Phi) is 4.27. The summed E-state index contributed by atoms with van der Waals surface area (Å²) in [5.41, 5.74) is 0.124. The maximum Gasteiger partial charge on any atom is 0.323 e. The largest absolute Gasteiger partial charge is 0.480 e. The Morgan fingerprint density at radius 2 is 1.76 bits per heavy atom. The quantitative estimate of drug-likeness (QED) is 0.728. The van der Waals surface area contributed by atoms with E-state index in [2.05, 4.69) is 20.9 Å². The normalized spacial score (nSPS) is 9.94. The lowest BCUT2D eigenvalue weighted by Gasteiger charge is -2.17. The summed E-state index contributed by atoms with van der Waals surface area (Å²) in [7, 11) is 0. The highest BCUT2D eigenvalue weighted by atomic mass is 79.9. The van der Waals surface area contributed by atoms with Crippen LogP contribution in [0.25, 0.3) is 0 Å². The lowest BCUT2D eigenvalue weighted by molar-refractivity contribution is -0.140. The highest BCUT2D eigenvalue weighted by Crippen LogP contribution is 2.12. The third-order valence-corrected chi connectivity index (χ3v) is 2.28. The first-order valence-corrected chi connectivity index (χ1v) is 5.26. The van der Waals surface area contributed by atoms with Crippen LogP contribution < -0.4 is 0 Å². The van der Waals surface area contributed by atoms with E-state index >= 15 is 0 Å². The first-order valence-electron chi connectivity index (χ1n) is 4.47. The summed E-state index contributed by atoms with van der Waals surface area (Å²) in [5.74, 6) is -3.23. The Morgan fingerprint density at radius 1 is 1.24 bits per heavy atom. The molecular weight excluding hydrogens is 296 g/mol. The second-order valence-electron chi connectivity index (χ2n) is 3.18. The van der Waals surface area contributed by atoms with Crippen LogP contribution in [0.1, 0.15) is 10.5 Å². The lowest BCUT2D eigenvalue weighted by atomic mass is 10.3. The van der Waals surface area contributed by atoms with Crippen LogP contribution in [0.3, 0.4) is 0 Å². The number of aromatic nitrogens is 1. The van der Waals surface area contributed by atoms with Gasteiger partial charge in [-0.1, -0.05) is 0 Å². The summed E-state index contributed by atoms with van der Waals surface area (Å²) < 4.78 is 0.617. The monoisotopic (exact) mass is 304 g/mol. The van der Waals surface area contributed by atoms with E-state index in [1.165, 1.54) is 12.3 Å². The number of carbonyl (C=O) groups excluding carboxylic acids is 1. The third kappa shape index (κ3) is 3.91. The minimum absolute atomic E-state index is 0.124. The van der Waals surface area contributed by atoms with Crippen LogP contribution in [0.4, 0.5) is 0 Å². The Hall–Kier alpha value is -1.83. The zero-order chi connectivity index (χ0) is 13.0. The lowest BCUT2D eigenvalue weighted by Crippen LogP contribution is -2.39. The molecule has 0 fully saturated rings. The number of carboxylic acids is 2. The Labute approximate surface area is 104 Å². The van der Waals surface area contributed by atoms with Crippen LogP contribution in [0.5, 0.6) is 0 Å². The molecule has 0 atom stereocenters. The van der Waals surface area contributed by atoms with E-state index in [-0.39, 0.29) is 5.69 Å². The average molecular weight is 305 g/mol. The topological polar surface area (TPSA) is 111 Å².